The SMILES string of the molecule is COC(=O)c1cncc(OC(C)=O)n1. The van der Waals surface area contributed by atoms with Gasteiger partial charge in [0.1, 0.15) is 0 Å². The summed E-state index contributed by atoms with van der Waals surface area (Å²) in [6.45, 7) is 1.23. The van der Waals surface area contributed by atoms with Crippen molar-refractivity contribution >= 4 is 11.9 Å². The Morgan fingerprint density at radius 1 is 1.36 bits per heavy atom. The summed E-state index contributed by atoms with van der Waals surface area (Å²) in [7, 11) is 1.22. The lowest BCUT2D eigenvalue weighted by atomic mass is 10.4. The molecule has 0 unspecified atom stereocenters. The van der Waals surface area contributed by atoms with Gasteiger partial charge in [0.05, 0.1) is 19.5 Å². The molecule has 1 rings (SSSR count). The zero-order valence-electron chi connectivity index (χ0n) is 7.68. The summed E-state index contributed by atoms with van der Waals surface area (Å²) >= 11 is 0. The Bertz CT molecular complexity index is 364. The Morgan fingerprint density at radius 3 is 2.64 bits per heavy atom. The van der Waals surface area contributed by atoms with Crippen LogP contribution in [0.4, 0.5) is 0 Å². The Morgan fingerprint density at radius 2 is 2.07 bits per heavy atom. The first-order valence-electron chi connectivity index (χ1n) is 3.72. The Hall–Kier alpha value is -1.98. The fourth-order valence-electron chi connectivity index (χ4n) is 0.747. The lowest BCUT2D eigenvalue weighted by Crippen LogP contribution is -2.08. The van der Waals surface area contributed by atoms with Crippen molar-refractivity contribution in [1.29, 1.82) is 0 Å². The van der Waals surface area contributed by atoms with Gasteiger partial charge >= 0.3 is 11.9 Å². The zero-order valence-corrected chi connectivity index (χ0v) is 7.68. The fraction of sp³-hybridized carbons (Fsp3) is 0.250. The number of carbonyl (C=O) groups is 2. The van der Waals surface area contributed by atoms with Crippen molar-refractivity contribution in [3.05, 3.63) is 18.1 Å². The quantitative estimate of drug-likeness (QED) is 0.628. The Kier molecular flexibility index (Phi) is 3.11. The number of hydrogen-bond acceptors (Lipinski definition) is 6. The largest absolute Gasteiger partial charge is 0.464 e. The molecule has 0 aliphatic rings. The van der Waals surface area contributed by atoms with Crippen LogP contribution in [0.2, 0.25) is 0 Å². The lowest BCUT2D eigenvalue weighted by Gasteiger charge is -2.00. The first-order valence-corrected chi connectivity index (χ1v) is 3.72. The van der Waals surface area contributed by atoms with Crippen LogP contribution in [-0.4, -0.2) is 29.0 Å². The molecular formula is C8H8N2O4. The van der Waals surface area contributed by atoms with Crippen molar-refractivity contribution in [2.45, 2.75) is 6.92 Å². The van der Waals surface area contributed by atoms with Gasteiger partial charge in [-0.3, -0.25) is 9.78 Å². The molecule has 0 amide bonds. The first-order chi connectivity index (χ1) is 6.63. The molecule has 0 spiro atoms. The zero-order chi connectivity index (χ0) is 10.6. The van der Waals surface area contributed by atoms with Crippen molar-refractivity contribution in [2.24, 2.45) is 0 Å². The van der Waals surface area contributed by atoms with Gasteiger partial charge in [-0.15, -0.1) is 0 Å². The molecule has 1 aromatic heterocycles. The van der Waals surface area contributed by atoms with E-state index in [1.54, 1.807) is 0 Å². The predicted octanol–water partition coefficient (Wildman–Crippen LogP) is 0.188. The lowest BCUT2D eigenvalue weighted by molar-refractivity contribution is -0.132. The van der Waals surface area contributed by atoms with Gasteiger partial charge in [-0.25, -0.2) is 9.78 Å². The third kappa shape index (κ3) is 2.51. The average Bonchev–Trinajstić information content (AvgIpc) is 2.16. The number of rotatable bonds is 2. The van der Waals surface area contributed by atoms with Gasteiger partial charge in [-0.05, 0) is 0 Å². The van der Waals surface area contributed by atoms with Crippen molar-refractivity contribution in [1.82, 2.24) is 9.97 Å². The smallest absolute Gasteiger partial charge is 0.358 e. The maximum Gasteiger partial charge on any atom is 0.358 e. The van der Waals surface area contributed by atoms with E-state index in [2.05, 4.69) is 19.4 Å². The molecule has 1 aromatic rings. The topological polar surface area (TPSA) is 78.4 Å². The Labute approximate surface area is 79.9 Å². The summed E-state index contributed by atoms with van der Waals surface area (Å²) in [6.07, 6.45) is 2.45. The van der Waals surface area contributed by atoms with Crippen molar-refractivity contribution in [3.8, 4) is 5.88 Å². The summed E-state index contributed by atoms with van der Waals surface area (Å²) in [5.41, 5.74) is -0.00810. The van der Waals surface area contributed by atoms with Gasteiger partial charge in [0.2, 0.25) is 5.88 Å². The second-order valence-corrected chi connectivity index (χ2v) is 2.33. The average molecular weight is 196 g/mol. The maximum atomic E-state index is 11.0. The highest BCUT2D eigenvalue weighted by Gasteiger charge is 2.09. The highest BCUT2D eigenvalue weighted by molar-refractivity contribution is 5.86. The summed E-state index contributed by atoms with van der Waals surface area (Å²) in [5.74, 6) is -1.19. The van der Waals surface area contributed by atoms with E-state index in [4.69, 9.17) is 0 Å². The van der Waals surface area contributed by atoms with E-state index in [9.17, 15) is 9.59 Å². The summed E-state index contributed by atoms with van der Waals surface area (Å²) < 4.78 is 9.04. The van der Waals surface area contributed by atoms with Crippen LogP contribution in [-0.2, 0) is 9.53 Å². The van der Waals surface area contributed by atoms with Crippen molar-refractivity contribution in [2.75, 3.05) is 7.11 Å². The minimum atomic E-state index is -0.633. The van der Waals surface area contributed by atoms with Gasteiger partial charge in [0.25, 0.3) is 0 Å². The monoisotopic (exact) mass is 196 g/mol. The molecule has 0 atom stereocenters. The number of methoxy groups -OCH3 is 1. The Balaban J connectivity index is 2.89. The van der Waals surface area contributed by atoms with Gasteiger partial charge in [0, 0.05) is 6.92 Å². The molecule has 6 heteroatoms. The standard InChI is InChI=1S/C8H8N2O4/c1-5(11)14-7-4-9-3-6(10-7)8(12)13-2/h3-4H,1-2H3. The normalized spacial score (nSPS) is 9.29. The van der Waals surface area contributed by atoms with E-state index in [0.29, 0.717) is 0 Å². The molecule has 0 radical (unpaired) electrons. The van der Waals surface area contributed by atoms with Gasteiger partial charge < -0.3 is 9.47 Å². The minimum Gasteiger partial charge on any atom is -0.464 e. The third-order valence-electron chi connectivity index (χ3n) is 1.26. The van der Waals surface area contributed by atoms with E-state index < -0.39 is 11.9 Å². The van der Waals surface area contributed by atoms with Crippen LogP contribution in [0.25, 0.3) is 0 Å². The van der Waals surface area contributed by atoms with Crippen LogP contribution in [0, 0.1) is 0 Å². The van der Waals surface area contributed by atoms with Gasteiger partial charge in [0.15, 0.2) is 5.69 Å². The van der Waals surface area contributed by atoms with Crippen LogP contribution >= 0.6 is 0 Å². The van der Waals surface area contributed by atoms with Crippen molar-refractivity contribution in [3.63, 3.8) is 0 Å². The van der Waals surface area contributed by atoms with Gasteiger partial charge in [-0.2, -0.15) is 0 Å². The van der Waals surface area contributed by atoms with Crippen LogP contribution in [0.5, 0.6) is 5.88 Å². The molecule has 0 fully saturated rings. The van der Waals surface area contributed by atoms with Gasteiger partial charge in [-0.1, -0.05) is 0 Å². The number of hydrogen-bond donors (Lipinski definition) is 0. The first kappa shape index (κ1) is 10.1. The molecule has 6 nitrogen and oxygen atoms in total. The molecular weight excluding hydrogens is 188 g/mol. The second-order valence-electron chi connectivity index (χ2n) is 2.33. The molecule has 0 aromatic carbocycles. The third-order valence-corrected chi connectivity index (χ3v) is 1.26. The number of ether oxygens (including phenoxy) is 2. The molecule has 14 heavy (non-hydrogen) atoms. The molecule has 1 heterocycles. The summed E-state index contributed by atoms with van der Waals surface area (Å²) in [6, 6.07) is 0. The summed E-state index contributed by atoms with van der Waals surface area (Å²) in [4.78, 5) is 28.9. The van der Waals surface area contributed by atoms with E-state index in [1.807, 2.05) is 0 Å². The van der Waals surface area contributed by atoms with E-state index in [0.717, 1.165) is 0 Å². The maximum absolute atomic E-state index is 11.0. The molecule has 0 saturated heterocycles. The molecule has 0 aliphatic carbocycles. The molecule has 0 bridgehead atoms. The van der Waals surface area contributed by atoms with E-state index >= 15 is 0 Å². The number of esters is 2. The highest BCUT2D eigenvalue weighted by Crippen LogP contribution is 2.05. The number of carbonyl (C=O) groups excluding carboxylic acids is 2. The molecule has 0 saturated carbocycles. The fourth-order valence-corrected chi connectivity index (χ4v) is 0.747. The van der Waals surface area contributed by atoms with E-state index in [-0.39, 0.29) is 11.6 Å². The summed E-state index contributed by atoms with van der Waals surface area (Å²) in [5, 5.41) is 0. The second kappa shape index (κ2) is 4.31. The van der Waals surface area contributed by atoms with Crippen LogP contribution < -0.4 is 4.74 Å². The highest BCUT2D eigenvalue weighted by atomic mass is 16.5. The van der Waals surface area contributed by atoms with E-state index in [1.165, 1.54) is 26.4 Å². The minimum absolute atomic E-state index is 0.00810. The van der Waals surface area contributed by atoms with Crippen LogP contribution in [0.15, 0.2) is 12.4 Å². The number of aromatic nitrogens is 2. The molecule has 0 N–H and O–H groups in total. The number of nitrogens with zero attached hydrogens (tertiary/aromatic N) is 2. The van der Waals surface area contributed by atoms with Crippen LogP contribution in [0.3, 0.4) is 0 Å². The predicted molar refractivity (Wildman–Crippen MR) is 44.7 cm³/mol. The molecule has 0 aliphatic heterocycles. The van der Waals surface area contributed by atoms with Crippen molar-refractivity contribution < 1.29 is 19.1 Å². The molecule has 74 valence electrons. The van der Waals surface area contributed by atoms with Crippen LogP contribution in [0.1, 0.15) is 17.4 Å².